The molecule has 0 aromatic heterocycles. The summed E-state index contributed by atoms with van der Waals surface area (Å²) in [6.07, 6.45) is 3.78. The van der Waals surface area contributed by atoms with E-state index in [0.717, 1.165) is 36.4 Å². The Morgan fingerprint density at radius 2 is 2.00 bits per heavy atom. The summed E-state index contributed by atoms with van der Waals surface area (Å²) >= 11 is 0. The van der Waals surface area contributed by atoms with Gasteiger partial charge in [-0.05, 0) is 23.8 Å². The van der Waals surface area contributed by atoms with Gasteiger partial charge in [0.05, 0.1) is 0 Å². The van der Waals surface area contributed by atoms with Gasteiger partial charge in [0.15, 0.2) is 5.96 Å². The van der Waals surface area contributed by atoms with Crippen LogP contribution in [-0.4, -0.2) is 47.5 Å². The van der Waals surface area contributed by atoms with E-state index in [1.807, 2.05) is 37.4 Å². The van der Waals surface area contributed by atoms with Crippen LogP contribution in [0.5, 0.6) is 0 Å². The number of nitrogens with zero attached hydrogens (tertiary/aromatic N) is 2. The molecule has 2 atom stereocenters. The van der Waals surface area contributed by atoms with Crippen molar-refractivity contribution in [2.75, 3.05) is 32.4 Å². The van der Waals surface area contributed by atoms with Gasteiger partial charge in [0.1, 0.15) is 0 Å². The van der Waals surface area contributed by atoms with Gasteiger partial charge in [0, 0.05) is 49.0 Å². The van der Waals surface area contributed by atoms with Crippen LogP contribution in [0.15, 0.2) is 35.3 Å². The molecule has 1 aromatic rings. The SMILES string of the molecule is CCC(CC)C1CCN(C(=NC)NCCS(=O)Cc2ccccc2)C1.I. The van der Waals surface area contributed by atoms with Crippen LogP contribution in [-0.2, 0) is 16.6 Å². The molecule has 1 aliphatic heterocycles. The summed E-state index contributed by atoms with van der Waals surface area (Å²) in [6, 6.07) is 10.1. The van der Waals surface area contributed by atoms with E-state index in [2.05, 4.69) is 29.1 Å². The van der Waals surface area contributed by atoms with Crippen molar-refractivity contribution >= 4 is 40.7 Å². The predicted molar refractivity (Wildman–Crippen MR) is 124 cm³/mol. The summed E-state index contributed by atoms with van der Waals surface area (Å²) in [4.78, 5) is 6.79. The third-order valence-electron chi connectivity index (χ3n) is 5.23. The highest BCUT2D eigenvalue weighted by atomic mass is 127. The van der Waals surface area contributed by atoms with Gasteiger partial charge >= 0.3 is 0 Å². The number of hydrogen-bond acceptors (Lipinski definition) is 2. The fraction of sp³-hybridized carbons (Fsp3) is 0.650. The highest BCUT2D eigenvalue weighted by molar-refractivity contribution is 14.0. The lowest BCUT2D eigenvalue weighted by molar-refractivity contribution is 0.319. The molecule has 148 valence electrons. The van der Waals surface area contributed by atoms with E-state index >= 15 is 0 Å². The topological polar surface area (TPSA) is 44.7 Å². The molecule has 6 heteroatoms. The van der Waals surface area contributed by atoms with E-state index in [1.165, 1.54) is 19.3 Å². The third-order valence-corrected chi connectivity index (χ3v) is 6.55. The number of likely N-dealkylation sites (tertiary alicyclic amines) is 1. The molecule has 2 unspecified atom stereocenters. The van der Waals surface area contributed by atoms with Gasteiger partial charge in [-0.1, -0.05) is 57.0 Å². The Hall–Kier alpha value is -0.630. The Bertz CT molecular complexity index is 563. The third kappa shape index (κ3) is 7.18. The van der Waals surface area contributed by atoms with Crippen molar-refractivity contribution in [3.8, 4) is 0 Å². The van der Waals surface area contributed by atoms with Crippen LogP contribution in [0.2, 0.25) is 0 Å². The lowest BCUT2D eigenvalue weighted by Crippen LogP contribution is -2.41. The second-order valence-electron chi connectivity index (χ2n) is 6.82. The number of guanidine groups is 1. The molecule has 0 saturated carbocycles. The number of hydrogen-bond donors (Lipinski definition) is 1. The second-order valence-corrected chi connectivity index (χ2v) is 8.40. The number of benzene rings is 1. The highest BCUT2D eigenvalue weighted by Gasteiger charge is 2.29. The van der Waals surface area contributed by atoms with Crippen LogP contribution >= 0.6 is 24.0 Å². The first kappa shape index (κ1) is 23.4. The van der Waals surface area contributed by atoms with E-state index in [9.17, 15) is 4.21 Å². The zero-order valence-corrected chi connectivity index (χ0v) is 19.5. The van der Waals surface area contributed by atoms with Crippen molar-refractivity contribution in [3.63, 3.8) is 0 Å². The molecular weight excluding hydrogens is 457 g/mol. The van der Waals surface area contributed by atoms with Crippen molar-refractivity contribution in [3.05, 3.63) is 35.9 Å². The molecule has 1 saturated heterocycles. The molecule has 1 N–H and O–H groups in total. The summed E-state index contributed by atoms with van der Waals surface area (Å²) in [6.45, 7) is 7.48. The first-order valence-corrected chi connectivity index (χ1v) is 11.0. The summed E-state index contributed by atoms with van der Waals surface area (Å²) < 4.78 is 12.2. The number of nitrogens with one attached hydrogen (secondary N) is 1. The molecule has 1 heterocycles. The number of aliphatic imine (C=N–C) groups is 1. The largest absolute Gasteiger partial charge is 0.355 e. The summed E-state index contributed by atoms with van der Waals surface area (Å²) in [5.74, 6) is 3.84. The second kappa shape index (κ2) is 12.7. The lowest BCUT2D eigenvalue weighted by Gasteiger charge is -2.24. The van der Waals surface area contributed by atoms with Gasteiger partial charge in [0.25, 0.3) is 0 Å². The predicted octanol–water partition coefficient (Wildman–Crippen LogP) is 3.89. The average molecular weight is 491 g/mol. The minimum Gasteiger partial charge on any atom is -0.355 e. The average Bonchev–Trinajstić information content (AvgIpc) is 3.10. The maximum absolute atomic E-state index is 12.2. The van der Waals surface area contributed by atoms with Crippen LogP contribution in [0.25, 0.3) is 0 Å². The van der Waals surface area contributed by atoms with Crippen molar-refractivity contribution in [2.45, 2.75) is 38.9 Å². The number of rotatable bonds is 8. The Morgan fingerprint density at radius 3 is 2.62 bits per heavy atom. The highest BCUT2D eigenvalue weighted by Crippen LogP contribution is 2.28. The minimum absolute atomic E-state index is 0. The van der Waals surface area contributed by atoms with Crippen LogP contribution in [0, 0.1) is 11.8 Å². The Balaban J connectivity index is 0.00000338. The van der Waals surface area contributed by atoms with Gasteiger partial charge in [-0.25, -0.2) is 0 Å². The normalized spacial score (nSPS) is 18.7. The summed E-state index contributed by atoms with van der Waals surface area (Å²) in [7, 11) is 0.997. The maximum atomic E-state index is 12.2. The quantitative estimate of drug-likeness (QED) is 0.341. The first-order valence-electron chi connectivity index (χ1n) is 9.52. The van der Waals surface area contributed by atoms with E-state index < -0.39 is 10.8 Å². The first-order chi connectivity index (χ1) is 12.2. The van der Waals surface area contributed by atoms with Crippen LogP contribution in [0.1, 0.15) is 38.7 Å². The van der Waals surface area contributed by atoms with Gasteiger partial charge in [-0.15, -0.1) is 24.0 Å². The Labute approximate surface area is 178 Å². The molecule has 1 aromatic carbocycles. The molecule has 0 spiro atoms. The molecule has 0 radical (unpaired) electrons. The molecule has 26 heavy (non-hydrogen) atoms. The van der Waals surface area contributed by atoms with Crippen molar-refractivity contribution < 1.29 is 4.21 Å². The van der Waals surface area contributed by atoms with Crippen LogP contribution < -0.4 is 5.32 Å². The van der Waals surface area contributed by atoms with Crippen molar-refractivity contribution in [1.82, 2.24) is 10.2 Å². The minimum atomic E-state index is -0.844. The molecule has 2 rings (SSSR count). The standard InChI is InChI=1S/C20H33N3OS.HI/c1-4-18(5-2)19-11-13-23(15-19)20(21-3)22-12-14-25(24)16-17-9-7-6-8-10-17;/h6-10,18-19H,4-5,11-16H2,1-3H3,(H,21,22);1H. The summed E-state index contributed by atoms with van der Waals surface area (Å²) in [5, 5.41) is 3.41. The molecular formula is C20H34IN3OS. The van der Waals surface area contributed by atoms with E-state index in [4.69, 9.17) is 0 Å². The zero-order chi connectivity index (χ0) is 18.1. The van der Waals surface area contributed by atoms with Gasteiger partial charge < -0.3 is 10.2 Å². The molecule has 4 nitrogen and oxygen atoms in total. The van der Waals surface area contributed by atoms with Gasteiger partial charge in [-0.2, -0.15) is 0 Å². The number of halogens is 1. The molecule has 1 aliphatic rings. The lowest BCUT2D eigenvalue weighted by atomic mass is 9.87. The molecule has 0 amide bonds. The smallest absolute Gasteiger partial charge is 0.193 e. The monoisotopic (exact) mass is 491 g/mol. The van der Waals surface area contributed by atoms with E-state index in [-0.39, 0.29) is 24.0 Å². The van der Waals surface area contributed by atoms with Crippen LogP contribution in [0.3, 0.4) is 0 Å². The fourth-order valence-electron chi connectivity index (χ4n) is 3.76. The van der Waals surface area contributed by atoms with Crippen molar-refractivity contribution in [2.24, 2.45) is 16.8 Å². The van der Waals surface area contributed by atoms with Gasteiger partial charge in [-0.3, -0.25) is 9.20 Å². The Kier molecular flexibility index (Phi) is 11.4. The van der Waals surface area contributed by atoms with Crippen LogP contribution in [0.4, 0.5) is 0 Å². The molecule has 1 fully saturated rings. The van der Waals surface area contributed by atoms with Gasteiger partial charge in [0.2, 0.25) is 0 Å². The van der Waals surface area contributed by atoms with E-state index in [1.54, 1.807) is 0 Å². The van der Waals surface area contributed by atoms with E-state index in [0.29, 0.717) is 18.1 Å². The Morgan fingerprint density at radius 1 is 1.31 bits per heavy atom. The molecule has 0 bridgehead atoms. The molecule has 0 aliphatic carbocycles. The fourth-order valence-corrected chi connectivity index (χ4v) is 4.80. The summed E-state index contributed by atoms with van der Waals surface area (Å²) in [5.41, 5.74) is 1.14. The van der Waals surface area contributed by atoms with Crippen molar-refractivity contribution in [1.29, 1.82) is 0 Å². The zero-order valence-electron chi connectivity index (χ0n) is 16.3. The maximum Gasteiger partial charge on any atom is 0.193 e.